The number of carbonyl (C=O) groups is 1. The fraction of sp³-hybridized carbons (Fsp3) is 0.611. The van der Waals surface area contributed by atoms with Crippen LogP contribution in [0.2, 0.25) is 0 Å². The molecule has 0 aliphatic heterocycles. The van der Waals surface area contributed by atoms with Crippen molar-refractivity contribution in [2.75, 3.05) is 13.7 Å². The molecular formula is C18H30N2O3. The molecule has 0 aliphatic carbocycles. The Balaban J connectivity index is 2.56. The third kappa shape index (κ3) is 6.59. The molecule has 0 saturated heterocycles. The molecule has 2 atom stereocenters. The zero-order valence-corrected chi connectivity index (χ0v) is 14.9. The minimum atomic E-state index is -0.542. The predicted octanol–water partition coefficient (Wildman–Crippen LogP) is 2.48. The Bertz CT molecular complexity index is 505. The second kappa shape index (κ2) is 8.89. The summed E-state index contributed by atoms with van der Waals surface area (Å²) in [5.74, 6) is 1.09. The third-order valence-corrected chi connectivity index (χ3v) is 3.74. The van der Waals surface area contributed by atoms with Crippen LogP contribution in [0.15, 0.2) is 24.3 Å². The van der Waals surface area contributed by atoms with E-state index in [1.807, 2.05) is 31.2 Å². The molecule has 0 spiro atoms. The first-order valence-electron chi connectivity index (χ1n) is 8.06. The van der Waals surface area contributed by atoms with Crippen molar-refractivity contribution in [1.82, 2.24) is 5.32 Å². The first kappa shape index (κ1) is 19.5. The average molecular weight is 322 g/mol. The molecule has 130 valence electrons. The highest BCUT2D eigenvalue weighted by Crippen LogP contribution is 2.17. The minimum Gasteiger partial charge on any atom is -0.497 e. The van der Waals surface area contributed by atoms with E-state index in [2.05, 4.69) is 19.2 Å². The van der Waals surface area contributed by atoms with Gasteiger partial charge in [0.05, 0.1) is 13.7 Å². The van der Waals surface area contributed by atoms with Crippen molar-refractivity contribution < 1.29 is 14.3 Å². The zero-order valence-electron chi connectivity index (χ0n) is 14.9. The molecule has 0 saturated carbocycles. The molecule has 0 bridgehead atoms. The van der Waals surface area contributed by atoms with Crippen LogP contribution in [0, 0.1) is 5.92 Å². The minimum absolute atomic E-state index is 0.138. The van der Waals surface area contributed by atoms with E-state index in [-0.39, 0.29) is 5.91 Å². The van der Waals surface area contributed by atoms with Gasteiger partial charge in [-0.05, 0) is 43.9 Å². The molecule has 5 nitrogen and oxygen atoms in total. The van der Waals surface area contributed by atoms with Crippen molar-refractivity contribution >= 4 is 5.91 Å². The maximum Gasteiger partial charge on any atom is 0.249 e. The molecule has 1 rings (SSSR count). The highest BCUT2D eigenvalue weighted by atomic mass is 16.5. The van der Waals surface area contributed by atoms with Gasteiger partial charge in [-0.1, -0.05) is 26.0 Å². The van der Waals surface area contributed by atoms with Gasteiger partial charge in [-0.2, -0.15) is 0 Å². The second-order valence-electron chi connectivity index (χ2n) is 6.66. The molecule has 1 aromatic rings. The Morgan fingerprint density at radius 1 is 1.35 bits per heavy atom. The van der Waals surface area contributed by atoms with E-state index in [1.165, 1.54) is 0 Å². The largest absolute Gasteiger partial charge is 0.497 e. The Hall–Kier alpha value is -1.59. The fourth-order valence-corrected chi connectivity index (χ4v) is 2.54. The van der Waals surface area contributed by atoms with Crippen molar-refractivity contribution in [3.05, 3.63) is 29.8 Å². The third-order valence-electron chi connectivity index (χ3n) is 3.74. The summed E-state index contributed by atoms with van der Waals surface area (Å²) in [6, 6.07) is 7.61. The number of benzene rings is 1. The smallest absolute Gasteiger partial charge is 0.249 e. The average Bonchev–Trinajstić information content (AvgIpc) is 2.51. The van der Waals surface area contributed by atoms with Crippen LogP contribution in [0.3, 0.4) is 0 Å². The molecule has 0 heterocycles. The first-order chi connectivity index (χ1) is 10.8. The number of nitrogens with two attached hydrogens (primary N) is 1. The van der Waals surface area contributed by atoms with Crippen LogP contribution in [0.25, 0.3) is 0 Å². The van der Waals surface area contributed by atoms with Gasteiger partial charge >= 0.3 is 0 Å². The summed E-state index contributed by atoms with van der Waals surface area (Å²) in [7, 11) is 1.62. The van der Waals surface area contributed by atoms with Crippen LogP contribution in [0.4, 0.5) is 0 Å². The van der Waals surface area contributed by atoms with Gasteiger partial charge in [-0.15, -0.1) is 0 Å². The van der Waals surface area contributed by atoms with Gasteiger partial charge in [0.25, 0.3) is 0 Å². The molecule has 0 fully saturated rings. The summed E-state index contributed by atoms with van der Waals surface area (Å²) < 4.78 is 10.9. The van der Waals surface area contributed by atoms with Crippen LogP contribution < -0.4 is 15.8 Å². The van der Waals surface area contributed by atoms with Crippen LogP contribution in [-0.4, -0.2) is 31.2 Å². The maximum absolute atomic E-state index is 12.3. The number of amides is 1. The van der Waals surface area contributed by atoms with E-state index in [0.29, 0.717) is 19.1 Å². The fourth-order valence-electron chi connectivity index (χ4n) is 2.54. The number of hydrogen-bond acceptors (Lipinski definition) is 4. The van der Waals surface area contributed by atoms with E-state index in [4.69, 9.17) is 15.2 Å². The monoisotopic (exact) mass is 322 g/mol. The molecule has 0 aliphatic rings. The van der Waals surface area contributed by atoms with E-state index in [9.17, 15) is 4.79 Å². The van der Waals surface area contributed by atoms with Crippen LogP contribution >= 0.6 is 0 Å². The van der Waals surface area contributed by atoms with Crippen molar-refractivity contribution in [2.45, 2.75) is 52.4 Å². The van der Waals surface area contributed by atoms with Crippen molar-refractivity contribution in [3.63, 3.8) is 0 Å². The quantitative estimate of drug-likeness (QED) is 0.732. The van der Waals surface area contributed by atoms with Gasteiger partial charge < -0.3 is 20.5 Å². The summed E-state index contributed by atoms with van der Waals surface area (Å²) >= 11 is 0. The van der Waals surface area contributed by atoms with Crippen molar-refractivity contribution in [3.8, 4) is 5.75 Å². The van der Waals surface area contributed by atoms with Gasteiger partial charge in [-0.25, -0.2) is 0 Å². The van der Waals surface area contributed by atoms with Gasteiger partial charge in [-0.3, -0.25) is 4.79 Å². The summed E-state index contributed by atoms with van der Waals surface area (Å²) in [5, 5.41) is 3.02. The van der Waals surface area contributed by atoms with E-state index < -0.39 is 11.6 Å². The Labute approximate surface area is 139 Å². The topological polar surface area (TPSA) is 73.6 Å². The van der Waals surface area contributed by atoms with E-state index >= 15 is 0 Å². The molecule has 23 heavy (non-hydrogen) atoms. The van der Waals surface area contributed by atoms with Gasteiger partial charge in [0, 0.05) is 12.1 Å². The SMILES string of the molecule is COc1cccc(COC(C)C(=O)NC(C)(CN)CC(C)C)c1. The number of ether oxygens (including phenoxy) is 2. The lowest BCUT2D eigenvalue weighted by Crippen LogP contribution is -2.54. The number of hydrogen-bond donors (Lipinski definition) is 2. The number of carbonyl (C=O) groups excluding carboxylic acids is 1. The molecule has 1 amide bonds. The maximum atomic E-state index is 12.3. The van der Waals surface area contributed by atoms with Gasteiger partial charge in [0.15, 0.2) is 0 Å². The van der Waals surface area contributed by atoms with Crippen LogP contribution in [-0.2, 0) is 16.1 Å². The Morgan fingerprint density at radius 2 is 2.04 bits per heavy atom. The molecule has 1 aromatic carbocycles. The predicted molar refractivity (Wildman–Crippen MR) is 92.3 cm³/mol. The Morgan fingerprint density at radius 3 is 2.61 bits per heavy atom. The summed E-state index contributed by atoms with van der Waals surface area (Å²) in [6.07, 6.45) is 0.289. The highest BCUT2D eigenvalue weighted by Gasteiger charge is 2.28. The van der Waals surface area contributed by atoms with Crippen molar-refractivity contribution in [1.29, 1.82) is 0 Å². The normalized spacial score (nSPS) is 15.1. The second-order valence-corrected chi connectivity index (χ2v) is 6.66. The van der Waals surface area contributed by atoms with Gasteiger partial charge in [0.2, 0.25) is 5.91 Å². The van der Waals surface area contributed by atoms with E-state index in [1.54, 1.807) is 14.0 Å². The van der Waals surface area contributed by atoms with Crippen LogP contribution in [0.1, 0.15) is 39.7 Å². The lowest BCUT2D eigenvalue weighted by molar-refractivity contribution is -0.134. The molecular weight excluding hydrogens is 292 g/mol. The summed E-state index contributed by atoms with van der Waals surface area (Å²) in [5.41, 5.74) is 6.39. The van der Waals surface area contributed by atoms with Crippen molar-refractivity contribution in [2.24, 2.45) is 11.7 Å². The lowest BCUT2D eigenvalue weighted by Gasteiger charge is -2.32. The summed E-state index contributed by atoms with van der Waals surface area (Å²) in [4.78, 5) is 12.3. The zero-order chi connectivity index (χ0) is 17.5. The highest BCUT2D eigenvalue weighted by molar-refractivity contribution is 5.81. The molecule has 0 radical (unpaired) electrons. The van der Waals surface area contributed by atoms with Gasteiger partial charge in [0.1, 0.15) is 11.9 Å². The molecule has 5 heteroatoms. The number of nitrogens with one attached hydrogen (secondary N) is 1. The summed E-state index contributed by atoms with van der Waals surface area (Å²) in [6.45, 7) is 8.71. The Kier molecular flexibility index (Phi) is 7.52. The van der Waals surface area contributed by atoms with E-state index in [0.717, 1.165) is 17.7 Å². The lowest BCUT2D eigenvalue weighted by atomic mass is 9.90. The van der Waals surface area contributed by atoms with Crippen LogP contribution in [0.5, 0.6) is 5.75 Å². The molecule has 3 N–H and O–H groups in total. The molecule has 0 aromatic heterocycles. The number of rotatable bonds is 9. The number of methoxy groups -OCH3 is 1. The molecule has 2 unspecified atom stereocenters. The standard InChI is InChI=1S/C18H30N2O3/c1-13(2)10-18(4,12-19)20-17(21)14(3)23-11-15-7-6-8-16(9-15)22-5/h6-9,13-14H,10-12,19H2,1-5H3,(H,20,21). The first-order valence-corrected chi connectivity index (χ1v) is 8.06.